The maximum Gasteiger partial charge on any atom is 0.0270 e. The molecule has 0 spiro atoms. The molecule has 0 bridgehead atoms. The molecule has 0 N–H and O–H groups in total. The van der Waals surface area contributed by atoms with Crippen molar-refractivity contribution in [3.63, 3.8) is 0 Å². The molecule has 2 aromatic rings. The van der Waals surface area contributed by atoms with Crippen LogP contribution in [0.1, 0.15) is 51.7 Å². The third-order valence-corrected chi connectivity index (χ3v) is 4.39. The molecule has 0 unspecified atom stereocenters. The second kappa shape index (κ2) is 5.78. The third-order valence-electron chi connectivity index (χ3n) is 4.39. The van der Waals surface area contributed by atoms with E-state index in [9.17, 15) is 0 Å². The molecule has 1 aromatic carbocycles. The van der Waals surface area contributed by atoms with Crippen LogP contribution in [0.15, 0.2) is 54.9 Å². The Balaban J connectivity index is 2.08. The zero-order valence-electron chi connectivity index (χ0n) is 13.1. The summed E-state index contributed by atoms with van der Waals surface area (Å²) in [5, 5.41) is 0. The van der Waals surface area contributed by atoms with E-state index >= 15 is 0 Å². The minimum Gasteiger partial charge on any atom is -0.265 e. The number of benzene rings is 1. The van der Waals surface area contributed by atoms with Gasteiger partial charge in [0.15, 0.2) is 0 Å². The van der Waals surface area contributed by atoms with E-state index in [0.717, 1.165) is 0 Å². The van der Waals surface area contributed by atoms with Crippen molar-refractivity contribution < 1.29 is 0 Å². The van der Waals surface area contributed by atoms with E-state index in [1.54, 1.807) is 0 Å². The third kappa shape index (κ3) is 3.47. The van der Waals surface area contributed by atoms with Crippen molar-refractivity contribution in [2.24, 2.45) is 0 Å². The topological polar surface area (TPSA) is 12.9 Å². The molecule has 1 heterocycles. The molecule has 0 saturated carbocycles. The zero-order chi connectivity index (χ0) is 14.6. The molecular weight excluding hydrogens is 242 g/mol. The summed E-state index contributed by atoms with van der Waals surface area (Å²) < 4.78 is 0. The van der Waals surface area contributed by atoms with E-state index in [0.29, 0.717) is 0 Å². The van der Waals surface area contributed by atoms with Crippen molar-refractivity contribution in [1.82, 2.24) is 4.98 Å². The van der Waals surface area contributed by atoms with Crippen LogP contribution in [0.5, 0.6) is 0 Å². The zero-order valence-corrected chi connectivity index (χ0v) is 13.1. The Morgan fingerprint density at radius 2 is 1.15 bits per heavy atom. The van der Waals surface area contributed by atoms with Gasteiger partial charge in [0.1, 0.15) is 0 Å². The van der Waals surface area contributed by atoms with Gasteiger partial charge in [0.05, 0.1) is 0 Å². The van der Waals surface area contributed by atoms with Gasteiger partial charge in [-0.3, -0.25) is 4.98 Å². The molecule has 0 aliphatic rings. The average Bonchev–Trinajstić information content (AvgIpc) is 2.47. The van der Waals surface area contributed by atoms with Crippen molar-refractivity contribution in [2.75, 3.05) is 0 Å². The van der Waals surface area contributed by atoms with Crippen molar-refractivity contribution in [1.29, 1.82) is 0 Å². The molecular formula is C19H25N. The van der Waals surface area contributed by atoms with Crippen LogP contribution in [0.2, 0.25) is 0 Å². The lowest BCUT2D eigenvalue weighted by molar-refractivity contribution is 0.374. The van der Waals surface area contributed by atoms with Gasteiger partial charge in [0.2, 0.25) is 0 Å². The summed E-state index contributed by atoms with van der Waals surface area (Å²) in [5.74, 6) is 0. The van der Waals surface area contributed by atoms with Gasteiger partial charge < -0.3 is 0 Å². The maximum absolute atomic E-state index is 4.12. The molecule has 106 valence electrons. The smallest absolute Gasteiger partial charge is 0.0270 e. The Labute approximate surface area is 123 Å². The predicted octanol–water partition coefficient (Wildman–Crippen LogP) is 5.12. The second-order valence-electron chi connectivity index (χ2n) is 6.87. The van der Waals surface area contributed by atoms with E-state index in [1.165, 1.54) is 24.0 Å². The number of hydrogen-bond donors (Lipinski definition) is 0. The minimum atomic E-state index is 0.189. The number of hydrogen-bond acceptors (Lipinski definition) is 1. The average molecular weight is 267 g/mol. The summed E-state index contributed by atoms with van der Waals surface area (Å²) in [6.07, 6.45) is 6.12. The minimum absolute atomic E-state index is 0.189. The normalized spacial score (nSPS) is 12.4. The quantitative estimate of drug-likeness (QED) is 0.733. The SMILES string of the molecule is CC(C)(CCC(C)(C)c1ccncc1)c1ccccc1. The van der Waals surface area contributed by atoms with E-state index in [4.69, 9.17) is 0 Å². The first-order chi connectivity index (χ1) is 9.42. The molecule has 1 nitrogen and oxygen atoms in total. The fourth-order valence-electron chi connectivity index (χ4n) is 2.61. The maximum atomic E-state index is 4.12. The Bertz CT molecular complexity index is 475. The van der Waals surface area contributed by atoms with Crippen LogP contribution in [0.25, 0.3) is 0 Å². The molecule has 1 aromatic heterocycles. The van der Waals surface area contributed by atoms with Gasteiger partial charge in [-0.15, -0.1) is 0 Å². The summed E-state index contributed by atoms with van der Waals surface area (Å²) in [4.78, 5) is 4.12. The Kier molecular flexibility index (Phi) is 4.27. The van der Waals surface area contributed by atoms with E-state index in [2.05, 4.69) is 75.1 Å². The van der Waals surface area contributed by atoms with Crippen LogP contribution in [0.3, 0.4) is 0 Å². The Morgan fingerprint density at radius 1 is 0.700 bits per heavy atom. The highest BCUT2D eigenvalue weighted by atomic mass is 14.6. The first-order valence-corrected chi connectivity index (χ1v) is 7.38. The molecule has 0 atom stereocenters. The first-order valence-electron chi connectivity index (χ1n) is 7.38. The summed E-state index contributed by atoms with van der Waals surface area (Å²) in [5.41, 5.74) is 3.20. The predicted molar refractivity (Wildman–Crippen MR) is 86.0 cm³/mol. The van der Waals surface area contributed by atoms with Crippen molar-refractivity contribution >= 4 is 0 Å². The van der Waals surface area contributed by atoms with Gasteiger partial charge in [-0.05, 0) is 46.9 Å². The number of nitrogens with zero attached hydrogens (tertiary/aromatic N) is 1. The lowest BCUT2D eigenvalue weighted by Crippen LogP contribution is -2.24. The summed E-state index contributed by atoms with van der Waals surface area (Å²) >= 11 is 0. The first kappa shape index (κ1) is 14.8. The van der Waals surface area contributed by atoms with Crippen molar-refractivity contribution in [2.45, 2.75) is 51.4 Å². The van der Waals surface area contributed by atoms with Crippen LogP contribution in [-0.4, -0.2) is 4.98 Å². The van der Waals surface area contributed by atoms with Crippen LogP contribution in [-0.2, 0) is 10.8 Å². The highest BCUT2D eigenvalue weighted by molar-refractivity contribution is 5.25. The number of rotatable bonds is 5. The monoisotopic (exact) mass is 267 g/mol. The fraction of sp³-hybridized carbons (Fsp3) is 0.421. The molecule has 2 rings (SSSR count). The van der Waals surface area contributed by atoms with Crippen LogP contribution < -0.4 is 0 Å². The lowest BCUT2D eigenvalue weighted by Gasteiger charge is -2.32. The highest BCUT2D eigenvalue weighted by Crippen LogP contribution is 2.35. The van der Waals surface area contributed by atoms with Crippen LogP contribution in [0, 0.1) is 0 Å². The van der Waals surface area contributed by atoms with Crippen molar-refractivity contribution in [3.8, 4) is 0 Å². The molecule has 1 heteroatoms. The number of aromatic nitrogens is 1. The summed E-state index contributed by atoms with van der Waals surface area (Å²) in [6.45, 7) is 9.32. The second-order valence-corrected chi connectivity index (χ2v) is 6.87. The molecule has 0 amide bonds. The molecule has 20 heavy (non-hydrogen) atoms. The summed E-state index contributed by atoms with van der Waals surface area (Å²) in [6, 6.07) is 15.1. The fourth-order valence-corrected chi connectivity index (χ4v) is 2.61. The molecule has 0 fully saturated rings. The Morgan fingerprint density at radius 3 is 1.65 bits per heavy atom. The molecule has 0 aliphatic carbocycles. The van der Waals surface area contributed by atoms with Crippen LogP contribution >= 0.6 is 0 Å². The molecule has 0 radical (unpaired) electrons. The lowest BCUT2D eigenvalue weighted by atomic mass is 9.73. The van der Waals surface area contributed by atoms with Gasteiger partial charge in [0, 0.05) is 12.4 Å². The van der Waals surface area contributed by atoms with E-state index in [1.807, 2.05) is 12.4 Å². The van der Waals surface area contributed by atoms with E-state index < -0.39 is 0 Å². The molecule has 0 saturated heterocycles. The standard InChI is InChI=1S/C19H25N/c1-18(2,16-8-6-5-7-9-16)12-13-19(3,4)17-10-14-20-15-11-17/h5-11,14-15H,12-13H2,1-4H3. The summed E-state index contributed by atoms with van der Waals surface area (Å²) in [7, 11) is 0. The van der Waals surface area contributed by atoms with Crippen molar-refractivity contribution in [3.05, 3.63) is 66.0 Å². The van der Waals surface area contributed by atoms with Gasteiger partial charge in [0.25, 0.3) is 0 Å². The number of pyridine rings is 1. The highest BCUT2D eigenvalue weighted by Gasteiger charge is 2.26. The largest absolute Gasteiger partial charge is 0.265 e. The van der Waals surface area contributed by atoms with Gasteiger partial charge in [-0.25, -0.2) is 0 Å². The van der Waals surface area contributed by atoms with Gasteiger partial charge in [-0.2, -0.15) is 0 Å². The van der Waals surface area contributed by atoms with Crippen LogP contribution in [0.4, 0.5) is 0 Å². The van der Waals surface area contributed by atoms with Gasteiger partial charge >= 0.3 is 0 Å². The Hall–Kier alpha value is -1.63. The van der Waals surface area contributed by atoms with Gasteiger partial charge in [-0.1, -0.05) is 58.0 Å². The van der Waals surface area contributed by atoms with E-state index in [-0.39, 0.29) is 10.8 Å². The molecule has 0 aliphatic heterocycles.